The fraction of sp³-hybridized carbons (Fsp3) is 0.438. The number of anilines is 1. The molecule has 220 valence electrons. The summed E-state index contributed by atoms with van der Waals surface area (Å²) in [5.41, 5.74) is 4.38. The third kappa shape index (κ3) is 5.51. The van der Waals surface area contributed by atoms with Crippen LogP contribution in [0, 0.1) is 0 Å². The molecule has 0 spiro atoms. The molecule has 0 unspecified atom stereocenters. The van der Waals surface area contributed by atoms with Crippen molar-refractivity contribution in [3.05, 3.63) is 77.4 Å². The van der Waals surface area contributed by atoms with E-state index in [0.29, 0.717) is 11.6 Å². The average molecular weight is 570 g/mol. The minimum absolute atomic E-state index is 0.114. The van der Waals surface area contributed by atoms with E-state index >= 15 is 0 Å². The van der Waals surface area contributed by atoms with Gasteiger partial charge in [-0.3, -0.25) is 9.30 Å². The number of aromatic nitrogens is 4. The minimum Gasteiger partial charge on any atom is -0.484 e. The molecule has 2 N–H and O–H groups in total. The van der Waals surface area contributed by atoms with Crippen molar-refractivity contribution in [1.82, 2.24) is 29.8 Å². The van der Waals surface area contributed by atoms with Gasteiger partial charge in [0.2, 0.25) is 5.88 Å². The number of likely N-dealkylation sites (tertiary alicyclic amines) is 1. The standard InChI is InChI=1S/C32H39N7O3/c1-32(2,3)20-17-25(30(41-5)33-18-20)35-31(40)34-24-13-14-27(23-10-7-6-9-22(23)24)42-21-12-15-28-36-37-29(39(28)19-21)26-11-8-16-38(26)4/h6-7,9-10,12,15,17-19,24,26-27H,8,11,13-14,16H2,1-5H3,(H2,34,35,40)/t24-,26-,27+/m0/s1. The first kappa shape index (κ1) is 28.0. The molecule has 42 heavy (non-hydrogen) atoms. The van der Waals surface area contributed by atoms with Crippen LogP contribution in [0.5, 0.6) is 11.6 Å². The Morgan fingerprint density at radius 1 is 1.05 bits per heavy atom. The predicted molar refractivity (Wildman–Crippen MR) is 161 cm³/mol. The molecule has 10 nitrogen and oxygen atoms in total. The monoisotopic (exact) mass is 569 g/mol. The van der Waals surface area contributed by atoms with Crippen molar-refractivity contribution >= 4 is 17.4 Å². The molecule has 2 amide bonds. The van der Waals surface area contributed by atoms with Gasteiger partial charge in [-0.15, -0.1) is 10.2 Å². The van der Waals surface area contributed by atoms with Crippen LogP contribution in [0.4, 0.5) is 10.5 Å². The number of fused-ring (bicyclic) bond motifs is 2. The van der Waals surface area contributed by atoms with Crippen LogP contribution in [-0.2, 0) is 5.41 Å². The second-order valence-corrected chi connectivity index (χ2v) is 12.3. The molecule has 0 saturated carbocycles. The molecule has 4 heterocycles. The zero-order valence-electron chi connectivity index (χ0n) is 24.9. The number of hydrogen-bond acceptors (Lipinski definition) is 7. The van der Waals surface area contributed by atoms with Crippen molar-refractivity contribution in [2.24, 2.45) is 0 Å². The first-order valence-corrected chi connectivity index (χ1v) is 14.6. The van der Waals surface area contributed by atoms with Crippen LogP contribution >= 0.6 is 0 Å². The lowest BCUT2D eigenvalue weighted by molar-refractivity contribution is 0.171. The molecule has 6 rings (SSSR count). The quantitative estimate of drug-likeness (QED) is 0.295. The van der Waals surface area contributed by atoms with Crippen LogP contribution in [0.2, 0.25) is 0 Å². The van der Waals surface area contributed by atoms with E-state index in [0.717, 1.165) is 66.1 Å². The Balaban J connectivity index is 1.19. The van der Waals surface area contributed by atoms with E-state index in [1.807, 2.05) is 36.5 Å². The number of methoxy groups -OCH3 is 1. The molecular formula is C32H39N7O3. The van der Waals surface area contributed by atoms with Gasteiger partial charge in [0.1, 0.15) is 17.5 Å². The van der Waals surface area contributed by atoms with Gasteiger partial charge in [0.25, 0.3) is 0 Å². The Labute approximate surface area is 246 Å². The molecule has 1 fully saturated rings. The maximum atomic E-state index is 13.2. The molecule has 4 aromatic rings. The number of urea groups is 1. The SMILES string of the molecule is COc1ncc(C(C)(C)C)cc1NC(=O)N[C@H]1CC[C@@H](Oc2ccc3nnc([C@@H]4CCCN4C)n3c2)c2ccccc21. The highest BCUT2D eigenvalue weighted by molar-refractivity contribution is 5.91. The van der Waals surface area contributed by atoms with E-state index in [9.17, 15) is 4.79 Å². The summed E-state index contributed by atoms with van der Waals surface area (Å²) in [5, 5.41) is 15.0. The first-order valence-electron chi connectivity index (χ1n) is 14.6. The first-order chi connectivity index (χ1) is 20.2. The summed E-state index contributed by atoms with van der Waals surface area (Å²) in [7, 11) is 3.69. The minimum atomic E-state index is -0.303. The third-order valence-electron chi connectivity index (χ3n) is 8.40. The summed E-state index contributed by atoms with van der Waals surface area (Å²) in [6.45, 7) is 7.38. The van der Waals surface area contributed by atoms with E-state index in [1.54, 1.807) is 13.3 Å². The predicted octanol–water partition coefficient (Wildman–Crippen LogP) is 5.97. The zero-order chi connectivity index (χ0) is 29.4. The van der Waals surface area contributed by atoms with Gasteiger partial charge in [0, 0.05) is 6.20 Å². The van der Waals surface area contributed by atoms with Gasteiger partial charge in [0.15, 0.2) is 11.5 Å². The molecule has 3 atom stereocenters. The Hall–Kier alpha value is -4.18. The fourth-order valence-electron chi connectivity index (χ4n) is 6.04. The number of carbonyl (C=O) groups excluding carboxylic acids is 1. The van der Waals surface area contributed by atoms with Gasteiger partial charge >= 0.3 is 6.03 Å². The second-order valence-electron chi connectivity index (χ2n) is 12.3. The van der Waals surface area contributed by atoms with Gasteiger partial charge in [-0.2, -0.15) is 0 Å². The molecule has 10 heteroatoms. The molecule has 1 saturated heterocycles. The number of benzene rings is 1. The van der Waals surface area contributed by atoms with Crippen LogP contribution < -0.4 is 20.1 Å². The number of nitrogens with zero attached hydrogens (tertiary/aromatic N) is 5. The summed E-state index contributed by atoms with van der Waals surface area (Å²) in [6, 6.07) is 13.8. The van der Waals surface area contributed by atoms with Crippen LogP contribution in [0.1, 0.15) is 87.2 Å². The van der Waals surface area contributed by atoms with E-state index in [2.05, 4.69) is 75.1 Å². The topological polar surface area (TPSA) is 106 Å². The molecular weight excluding hydrogens is 530 g/mol. The van der Waals surface area contributed by atoms with Gasteiger partial charge in [-0.1, -0.05) is 45.0 Å². The lowest BCUT2D eigenvalue weighted by atomic mass is 9.85. The van der Waals surface area contributed by atoms with Crippen molar-refractivity contribution in [3.8, 4) is 11.6 Å². The highest BCUT2D eigenvalue weighted by atomic mass is 16.5. The third-order valence-corrected chi connectivity index (χ3v) is 8.40. The number of ether oxygens (including phenoxy) is 2. The molecule has 1 aliphatic heterocycles. The van der Waals surface area contributed by atoms with E-state index in [-0.39, 0.29) is 29.6 Å². The van der Waals surface area contributed by atoms with Gasteiger partial charge in [-0.25, -0.2) is 9.78 Å². The molecule has 0 radical (unpaired) electrons. The number of rotatable bonds is 6. The largest absolute Gasteiger partial charge is 0.484 e. The lowest BCUT2D eigenvalue weighted by Gasteiger charge is -2.32. The Bertz CT molecular complexity index is 1590. The normalized spacial score (nSPS) is 20.7. The fourth-order valence-corrected chi connectivity index (χ4v) is 6.04. The number of pyridine rings is 2. The van der Waals surface area contributed by atoms with E-state index in [1.165, 1.54) is 0 Å². The van der Waals surface area contributed by atoms with Crippen LogP contribution in [0.15, 0.2) is 54.9 Å². The Morgan fingerprint density at radius 3 is 2.60 bits per heavy atom. The van der Waals surface area contributed by atoms with E-state index < -0.39 is 0 Å². The number of nitrogens with one attached hydrogen (secondary N) is 2. The number of carbonyl (C=O) groups is 1. The number of amides is 2. The van der Waals surface area contributed by atoms with Crippen LogP contribution in [0.25, 0.3) is 5.65 Å². The maximum absolute atomic E-state index is 13.2. The van der Waals surface area contributed by atoms with Crippen molar-refractivity contribution < 1.29 is 14.3 Å². The molecule has 1 aliphatic carbocycles. The average Bonchev–Trinajstić information content (AvgIpc) is 3.59. The molecule has 0 bridgehead atoms. The van der Waals surface area contributed by atoms with Crippen LogP contribution in [-0.4, -0.2) is 51.2 Å². The highest BCUT2D eigenvalue weighted by Gasteiger charge is 2.31. The second kappa shape index (κ2) is 11.2. The van der Waals surface area contributed by atoms with Crippen molar-refractivity contribution in [3.63, 3.8) is 0 Å². The van der Waals surface area contributed by atoms with Crippen molar-refractivity contribution in [2.75, 3.05) is 26.0 Å². The van der Waals surface area contributed by atoms with Crippen molar-refractivity contribution in [1.29, 1.82) is 0 Å². The Kier molecular flexibility index (Phi) is 7.49. The van der Waals surface area contributed by atoms with Gasteiger partial charge < -0.3 is 20.1 Å². The molecule has 1 aromatic carbocycles. The summed E-state index contributed by atoms with van der Waals surface area (Å²) >= 11 is 0. The maximum Gasteiger partial charge on any atom is 0.319 e. The highest BCUT2D eigenvalue weighted by Crippen LogP contribution is 2.39. The van der Waals surface area contributed by atoms with Gasteiger partial charge in [0.05, 0.1) is 25.4 Å². The summed E-state index contributed by atoms with van der Waals surface area (Å²) < 4.78 is 14.1. The van der Waals surface area contributed by atoms with Crippen LogP contribution in [0.3, 0.4) is 0 Å². The van der Waals surface area contributed by atoms with Gasteiger partial charge in [-0.05, 0) is 79.6 Å². The van der Waals surface area contributed by atoms with Crippen molar-refractivity contribution in [2.45, 2.75) is 70.1 Å². The summed E-state index contributed by atoms with van der Waals surface area (Å²) in [5.74, 6) is 2.10. The summed E-state index contributed by atoms with van der Waals surface area (Å²) in [4.78, 5) is 19.9. The Morgan fingerprint density at radius 2 is 1.86 bits per heavy atom. The molecule has 3 aromatic heterocycles. The summed E-state index contributed by atoms with van der Waals surface area (Å²) in [6.07, 6.45) is 7.38. The lowest BCUT2D eigenvalue weighted by Crippen LogP contribution is -2.35. The number of hydrogen-bond donors (Lipinski definition) is 2. The smallest absolute Gasteiger partial charge is 0.319 e. The molecule has 2 aliphatic rings. The zero-order valence-corrected chi connectivity index (χ0v) is 24.9. The van der Waals surface area contributed by atoms with E-state index in [4.69, 9.17) is 9.47 Å².